The molecule has 2 heterocycles. The average Bonchev–Trinajstić information content (AvgIpc) is 2.58. The Balaban J connectivity index is 1.65. The Morgan fingerprint density at radius 2 is 1.87 bits per heavy atom. The van der Waals surface area contributed by atoms with E-state index in [-0.39, 0.29) is 6.03 Å². The highest BCUT2D eigenvalue weighted by Crippen LogP contribution is 2.19. The van der Waals surface area contributed by atoms with E-state index in [0.717, 1.165) is 30.2 Å². The van der Waals surface area contributed by atoms with Crippen LogP contribution in [-0.4, -0.2) is 29.1 Å². The number of aryl methyl sites for hydroxylation is 1. The van der Waals surface area contributed by atoms with E-state index >= 15 is 0 Å². The number of hydrogen-bond acceptors (Lipinski definition) is 4. The molecule has 1 fully saturated rings. The number of hydrogen-bond donors (Lipinski definition) is 2. The number of piperidine rings is 1. The fourth-order valence-corrected chi connectivity index (χ4v) is 2.69. The van der Waals surface area contributed by atoms with Crippen molar-refractivity contribution >= 4 is 23.4 Å². The van der Waals surface area contributed by atoms with Crippen LogP contribution in [0.1, 0.15) is 24.8 Å². The van der Waals surface area contributed by atoms with Crippen LogP contribution >= 0.6 is 0 Å². The van der Waals surface area contributed by atoms with Crippen molar-refractivity contribution in [3.05, 3.63) is 42.2 Å². The lowest BCUT2D eigenvalue weighted by atomic mass is 10.1. The maximum atomic E-state index is 12.1. The van der Waals surface area contributed by atoms with Crippen LogP contribution in [0.5, 0.6) is 0 Å². The van der Waals surface area contributed by atoms with Gasteiger partial charge in [0, 0.05) is 24.8 Å². The summed E-state index contributed by atoms with van der Waals surface area (Å²) in [5.74, 6) is 1.37. The van der Waals surface area contributed by atoms with Gasteiger partial charge in [0.25, 0.3) is 0 Å². The quantitative estimate of drug-likeness (QED) is 0.911. The Kier molecular flexibility index (Phi) is 4.71. The number of carbonyl (C=O) groups excluding carboxylic acids is 1. The maximum Gasteiger partial charge on any atom is 0.324 e. The molecule has 23 heavy (non-hydrogen) atoms. The Bertz CT molecular complexity index is 682. The van der Waals surface area contributed by atoms with Crippen LogP contribution < -0.4 is 15.5 Å². The first-order valence-electron chi connectivity index (χ1n) is 7.93. The lowest BCUT2D eigenvalue weighted by Gasteiger charge is -2.27. The van der Waals surface area contributed by atoms with E-state index in [1.54, 1.807) is 0 Å². The lowest BCUT2D eigenvalue weighted by Crippen LogP contribution is -2.30. The Morgan fingerprint density at radius 1 is 1.09 bits per heavy atom. The summed E-state index contributed by atoms with van der Waals surface area (Å²) in [6, 6.07) is 9.17. The molecule has 2 N–H and O–H groups in total. The van der Waals surface area contributed by atoms with Crippen LogP contribution in [0.3, 0.4) is 0 Å². The van der Waals surface area contributed by atoms with Gasteiger partial charge in [-0.15, -0.1) is 0 Å². The molecule has 0 atom stereocenters. The van der Waals surface area contributed by atoms with Gasteiger partial charge in [-0.2, -0.15) is 0 Å². The number of aromatic nitrogens is 2. The molecule has 0 radical (unpaired) electrons. The Hall–Kier alpha value is -2.63. The third kappa shape index (κ3) is 3.97. The first kappa shape index (κ1) is 15.3. The van der Waals surface area contributed by atoms with Crippen molar-refractivity contribution in [3.8, 4) is 0 Å². The Morgan fingerprint density at radius 3 is 2.65 bits per heavy atom. The van der Waals surface area contributed by atoms with E-state index in [0.29, 0.717) is 5.82 Å². The fourth-order valence-electron chi connectivity index (χ4n) is 2.69. The van der Waals surface area contributed by atoms with E-state index in [4.69, 9.17) is 0 Å². The van der Waals surface area contributed by atoms with Gasteiger partial charge in [-0.05, 0) is 37.8 Å². The largest absolute Gasteiger partial charge is 0.356 e. The number of rotatable bonds is 3. The number of carbonyl (C=O) groups is 1. The predicted molar refractivity (Wildman–Crippen MR) is 91.9 cm³/mol. The molecule has 0 saturated carbocycles. The summed E-state index contributed by atoms with van der Waals surface area (Å²) in [6.07, 6.45) is 5.12. The third-order valence-electron chi connectivity index (χ3n) is 3.97. The van der Waals surface area contributed by atoms with Gasteiger partial charge in [0.2, 0.25) is 0 Å². The van der Waals surface area contributed by atoms with Gasteiger partial charge in [-0.3, -0.25) is 5.32 Å². The zero-order chi connectivity index (χ0) is 16.1. The second-order valence-electron chi connectivity index (χ2n) is 5.70. The fraction of sp³-hybridized carbons (Fsp3) is 0.353. The topological polar surface area (TPSA) is 70.2 Å². The molecule has 1 aromatic carbocycles. The van der Waals surface area contributed by atoms with Crippen LogP contribution in [0.15, 0.2) is 36.7 Å². The summed E-state index contributed by atoms with van der Waals surface area (Å²) in [4.78, 5) is 22.8. The first-order chi connectivity index (χ1) is 11.2. The average molecular weight is 311 g/mol. The van der Waals surface area contributed by atoms with Crippen molar-refractivity contribution in [3.63, 3.8) is 0 Å². The molecule has 0 bridgehead atoms. The number of para-hydroxylation sites is 1. The highest BCUT2D eigenvalue weighted by Gasteiger charge is 2.13. The van der Waals surface area contributed by atoms with E-state index in [1.165, 1.54) is 25.6 Å². The van der Waals surface area contributed by atoms with Crippen LogP contribution in [0, 0.1) is 6.92 Å². The standard InChI is InChI=1S/C17H21N5O/c1-13-7-3-4-8-14(13)20-17(23)21-15-11-16(19-12-18-15)22-9-5-2-6-10-22/h3-4,7-8,11-12H,2,5-6,9-10H2,1H3,(H2,18,19,20,21,23). The molecule has 0 unspecified atom stereocenters. The van der Waals surface area contributed by atoms with Crippen LogP contribution in [0.2, 0.25) is 0 Å². The molecule has 1 saturated heterocycles. The summed E-state index contributed by atoms with van der Waals surface area (Å²) in [6.45, 7) is 3.96. The second-order valence-corrected chi connectivity index (χ2v) is 5.70. The monoisotopic (exact) mass is 311 g/mol. The number of nitrogens with zero attached hydrogens (tertiary/aromatic N) is 3. The van der Waals surface area contributed by atoms with Gasteiger partial charge in [0.15, 0.2) is 0 Å². The van der Waals surface area contributed by atoms with Gasteiger partial charge in [0.1, 0.15) is 18.0 Å². The molecular weight excluding hydrogens is 290 g/mol. The first-order valence-corrected chi connectivity index (χ1v) is 7.93. The van der Waals surface area contributed by atoms with Crippen molar-refractivity contribution in [1.82, 2.24) is 9.97 Å². The smallest absolute Gasteiger partial charge is 0.324 e. The number of amides is 2. The molecule has 6 nitrogen and oxygen atoms in total. The van der Waals surface area contributed by atoms with Crippen LogP contribution in [0.4, 0.5) is 22.1 Å². The minimum absolute atomic E-state index is 0.303. The molecule has 0 aliphatic carbocycles. The minimum Gasteiger partial charge on any atom is -0.356 e. The van der Waals surface area contributed by atoms with E-state index in [9.17, 15) is 4.79 Å². The van der Waals surface area contributed by atoms with Gasteiger partial charge in [0.05, 0.1) is 0 Å². The van der Waals surface area contributed by atoms with Crippen LogP contribution in [-0.2, 0) is 0 Å². The summed E-state index contributed by atoms with van der Waals surface area (Å²) in [5.41, 5.74) is 1.80. The van der Waals surface area contributed by atoms with Crippen molar-refractivity contribution in [1.29, 1.82) is 0 Å². The number of benzene rings is 1. The second kappa shape index (κ2) is 7.09. The van der Waals surface area contributed by atoms with Gasteiger partial charge in [-0.25, -0.2) is 14.8 Å². The predicted octanol–water partition coefficient (Wildman–Crippen LogP) is 3.42. The SMILES string of the molecule is Cc1ccccc1NC(=O)Nc1cc(N2CCCCC2)ncn1. The number of urea groups is 1. The van der Waals surface area contributed by atoms with Crippen molar-refractivity contribution in [2.45, 2.75) is 26.2 Å². The summed E-state index contributed by atoms with van der Waals surface area (Å²) in [7, 11) is 0. The minimum atomic E-state index is -0.303. The molecule has 1 aromatic heterocycles. The Labute approximate surface area is 135 Å². The van der Waals surface area contributed by atoms with Gasteiger partial charge < -0.3 is 10.2 Å². The molecule has 1 aliphatic heterocycles. The molecule has 0 spiro atoms. The maximum absolute atomic E-state index is 12.1. The van der Waals surface area contributed by atoms with Gasteiger partial charge in [-0.1, -0.05) is 18.2 Å². The van der Waals surface area contributed by atoms with Gasteiger partial charge >= 0.3 is 6.03 Å². The number of nitrogens with one attached hydrogen (secondary N) is 2. The molecule has 3 rings (SSSR count). The molecular formula is C17H21N5O. The zero-order valence-electron chi connectivity index (χ0n) is 13.2. The third-order valence-corrected chi connectivity index (χ3v) is 3.97. The number of anilines is 3. The summed E-state index contributed by atoms with van der Waals surface area (Å²) in [5, 5.41) is 5.60. The molecule has 120 valence electrons. The van der Waals surface area contributed by atoms with E-state index < -0.39 is 0 Å². The highest BCUT2D eigenvalue weighted by molar-refractivity contribution is 5.99. The van der Waals surface area contributed by atoms with Crippen molar-refractivity contribution in [2.24, 2.45) is 0 Å². The zero-order valence-corrected chi connectivity index (χ0v) is 13.2. The molecule has 6 heteroatoms. The van der Waals surface area contributed by atoms with Crippen LogP contribution in [0.25, 0.3) is 0 Å². The van der Waals surface area contributed by atoms with E-state index in [1.807, 2.05) is 37.3 Å². The highest BCUT2D eigenvalue weighted by atomic mass is 16.2. The molecule has 2 aromatic rings. The lowest BCUT2D eigenvalue weighted by molar-refractivity contribution is 0.262. The molecule has 1 aliphatic rings. The summed E-state index contributed by atoms with van der Waals surface area (Å²) < 4.78 is 0. The summed E-state index contributed by atoms with van der Waals surface area (Å²) >= 11 is 0. The van der Waals surface area contributed by atoms with Crippen molar-refractivity contribution in [2.75, 3.05) is 28.6 Å². The van der Waals surface area contributed by atoms with Crippen molar-refractivity contribution < 1.29 is 4.79 Å². The molecule has 2 amide bonds. The van der Waals surface area contributed by atoms with E-state index in [2.05, 4.69) is 25.5 Å². The normalized spacial score (nSPS) is 14.4.